The van der Waals surface area contributed by atoms with E-state index in [1.807, 2.05) is 41.0 Å². The molecule has 41 heavy (non-hydrogen) atoms. The Balaban J connectivity index is 1.22. The average Bonchev–Trinajstić information content (AvgIpc) is 3.41. The smallest absolute Gasteiger partial charge is 0.318 e. The van der Waals surface area contributed by atoms with Crippen molar-refractivity contribution in [2.75, 3.05) is 19.6 Å². The van der Waals surface area contributed by atoms with E-state index >= 15 is 0 Å². The molecule has 1 saturated heterocycles. The molecule has 1 heterocycles. The van der Waals surface area contributed by atoms with Crippen LogP contribution in [0.3, 0.4) is 0 Å². The van der Waals surface area contributed by atoms with Gasteiger partial charge in [0.25, 0.3) is 0 Å². The molecule has 5 rings (SSSR count). The van der Waals surface area contributed by atoms with E-state index < -0.39 is 0 Å². The van der Waals surface area contributed by atoms with Gasteiger partial charge in [-0.1, -0.05) is 97.1 Å². The topological polar surface area (TPSA) is 64.7 Å². The zero-order chi connectivity index (χ0) is 28.4. The number of fused-ring (bicyclic) bond motifs is 1. The van der Waals surface area contributed by atoms with E-state index in [0.717, 1.165) is 54.4 Å². The normalized spacial score (nSPS) is 13.9. The Labute approximate surface area is 243 Å². The molecule has 6 nitrogen and oxygen atoms in total. The second-order valence-electron chi connectivity index (χ2n) is 10.9. The summed E-state index contributed by atoms with van der Waals surface area (Å²) in [6, 6.07) is 33.1. The fourth-order valence-corrected chi connectivity index (χ4v) is 5.56. The molecule has 0 aliphatic carbocycles. The third kappa shape index (κ3) is 7.74. The molecule has 0 aromatic heterocycles. The van der Waals surface area contributed by atoms with E-state index in [9.17, 15) is 9.59 Å². The van der Waals surface area contributed by atoms with Crippen molar-refractivity contribution in [2.45, 2.75) is 51.9 Å². The first-order valence-corrected chi connectivity index (χ1v) is 14.7. The van der Waals surface area contributed by atoms with E-state index in [2.05, 4.69) is 83.4 Å². The molecular weight excluding hydrogens is 508 g/mol. The minimum atomic E-state index is -0.144. The van der Waals surface area contributed by atoms with Crippen molar-refractivity contribution in [3.63, 3.8) is 0 Å². The summed E-state index contributed by atoms with van der Waals surface area (Å²) in [7, 11) is 0. The van der Waals surface area contributed by atoms with Crippen LogP contribution in [0.15, 0.2) is 97.1 Å². The van der Waals surface area contributed by atoms with Gasteiger partial charge in [0.2, 0.25) is 5.91 Å². The van der Waals surface area contributed by atoms with Crippen LogP contribution in [0.4, 0.5) is 4.79 Å². The molecule has 4 aromatic rings. The summed E-state index contributed by atoms with van der Waals surface area (Å²) >= 11 is 0. The van der Waals surface area contributed by atoms with Crippen molar-refractivity contribution in [1.82, 2.24) is 20.4 Å². The van der Waals surface area contributed by atoms with Gasteiger partial charge in [-0.25, -0.2) is 4.79 Å². The molecule has 0 radical (unpaired) electrons. The number of nitrogens with zero attached hydrogens (tertiary/aromatic N) is 2. The Hall–Kier alpha value is -4.16. The van der Waals surface area contributed by atoms with Crippen molar-refractivity contribution >= 4 is 22.7 Å². The first-order valence-electron chi connectivity index (χ1n) is 14.7. The van der Waals surface area contributed by atoms with Crippen LogP contribution >= 0.6 is 0 Å². The summed E-state index contributed by atoms with van der Waals surface area (Å²) in [5, 5.41) is 9.06. The number of benzene rings is 4. The van der Waals surface area contributed by atoms with Crippen LogP contribution < -0.4 is 10.6 Å². The Kier molecular flexibility index (Phi) is 9.65. The van der Waals surface area contributed by atoms with Gasteiger partial charge in [0, 0.05) is 45.7 Å². The summed E-state index contributed by atoms with van der Waals surface area (Å²) < 4.78 is 0. The van der Waals surface area contributed by atoms with Crippen molar-refractivity contribution in [3.8, 4) is 0 Å². The maximum Gasteiger partial charge on any atom is 0.318 e. The van der Waals surface area contributed by atoms with Crippen LogP contribution in [-0.4, -0.2) is 41.4 Å². The molecule has 1 fully saturated rings. The Morgan fingerprint density at radius 2 is 1.54 bits per heavy atom. The molecule has 0 spiro atoms. The van der Waals surface area contributed by atoms with Gasteiger partial charge in [-0.15, -0.1) is 0 Å². The molecule has 4 aromatic carbocycles. The number of amides is 3. The van der Waals surface area contributed by atoms with Crippen molar-refractivity contribution < 1.29 is 9.59 Å². The van der Waals surface area contributed by atoms with Gasteiger partial charge in [0.05, 0.1) is 6.04 Å². The maximum absolute atomic E-state index is 13.6. The number of hydrogen-bond acceptors (Lipinski definition) is 3. The molecule has 0 saturated carbocycles. The third-order valence-corrected chi connectivity index (χ3v) is 7.84. The standard InChI is InChI=1S/C35H40N4O2/c1-27(32-15-7-13-31-12-5-6-14-33(31)32)37-35(41)39(23-9-22-38-21-8-16-34(38)40)26-30-19-17-29(18-20-30)25-36-24-28-10-3-2-4-11-28/h2-7,10-15,17-20,27,36H,8-9,16,21-26H2,1H3,(H,37,41)/t27-/m0/s1. The zero-order valence-corrected chi connectivity index (χ0v) is 23.9. The largest absolute Gasteiger partial charge is 0.343 e. The molecule has 0 unspecified atom stereocenters. The maximum atomic E-state index is 13.6. The van der Waals surface area contributed by atoms with Crippen LogP contribution in [-0.2, 0) is 24.4 Å². The van der Waals surface area contributed by atoms with Crippen LogP contribution in [0.5, 0.6) is 0 Å². The molecule has 212 valence electrons. The summed E-state index contributed by atoms with van der Waals surface area (Å²) in [6.45, 7) is 6.25. The SMILES string of the molecule is C[C@H](NC(=O)N(CCCN1CCCC1=O)Cc1ccc(CNCc2ccccc2)cc1)c1cccc2ccccc12. The molecule has 3 amide bonds. The number of rotatable bonds is 12. The zero-order valence-electron chi connectivity index (χ0n) is 23.9. The molecular formula is C35H40N4O2. The predicted octanol–water partition coefficient (Wildman–Crippen LogP) is 6.41. The highest BCUT2D eigenvalue weighted by Gasteiger charge is 2.22. The number of hydrogen-bond donors (Lipinski definition) is 2. The average molecular weight is 549 g/mol. The quantitative estimate of drug-likeness (QED) is 0.215. The molecule has 0 bridgehead atoms. The van der Waals surface area contributed by atoms with Gasteiger partial charge in [0.15, 0.2) is 0 Å². The van der Waals surface area contributed by atoms with Crippen LogP contribution in [0, 0.1) is 0 Å². The second kappa shape index (κ2) is 14.0. The van der Waals surface area contributed by atoms with Crippen LogP contribution in [0.2, 0.25) is 0 Å². The number of carbonyl (C=O) groups excluding carboxylic acids is 2. The molecule has 1 atom stereocenters. The predicted molar refractivity (Wildman–Crippen MR) is 165 cm³/mol. The van der Waals surface area contributed by atoms with E-state index in [1.54, 1.807) is 0 Å². The summed E-state index contributed by atoms with van der Waals surface area (Å²) in [5.41, 5.74) is 4.66. The Bertz CT molecular complexity index is 1430. The highest BCUT2D eigenvalue weighted by Crippen LogP contribution is 2.24. The van der Waals surface area contributed by atoms with E-state index in [-0.39, 0.29) is 18.0 Å². The van der Waals surface area contributed by atoms with E-state index in [1.165, 1.54) is 11.1 Å². The van der Waals surface area contributed by atoms with Crippen molar-refractivity contribution in [3.05, 3.63) is 119 Å². The monoisotopic (exact) mass is 548 g/mol. The lowest BCUT2D eigenvalue weighted by Crippen LogP contribution is -2.42. The summed E-state index contributed by atoms with van der Waals surface area (Å²) in [4.78, 5) is 29.5. The lowest BCUT2D eigenvalue weighted by Gasteiger charge is -2.27. The van der Waals surface area contributed by atoms with Crippen molar-refractivity contribution in [2.24, 2.45) is 0 Å². The Morgan fingerprint density at radius 1 is 0.854 bits per heavy atom. The number of nitrogens with one attached hydrogen (secondary N) is 2. The van der Waals surface area contributed by atoms with Gasteiger partial charge < -0.3 is 20.4 Å². The van der Waals surface area contributed by atoms with E-state index in [4.69, 9.17) is 0 Å². The minimum absolute atomic E-state index is 0.0909. The third-order valence-electron chi connectivity index (χ3n) is 7.84. The second-order valence-corrected chi connectivity index (χ2v) is 10.9. The summed E-state index contributed by atoms with van der Waals surface area (Å²) in [6.07, 6.45) is 2.32. The van der Waals surface area contributed by atoms with Gasteiger partial charge >= 0.3 is 6.03 Å². The molecule has 1 aliphatic rings. The summed E-state index contributed by atoms with van der Waals surface area (Å²) in [5.74, 6) is 0.224. The first-order chi connectivity index (χ1) is 20.1. The number of likely N-dealkylation sites (tertiary alicyclic amines) is 1. The highest BCUT2D eigenvalue weighted by molar-refractivity contribution is 5.86. The van der Waals surface area contributed by atoms with Gasteiger partial charge in [0.1, 0.15) is 0 Å². The minimum Gasteiger partial charge on any atom is -0.343 e. The number of urea groups is 1. The molecule has 2 N–H and O–H groups in total. The van der Waals surface area contributed by atoms with Gasteiger partial charge in [-0.2, -0.15) is 0 Å². The highest BCUT2D eigenvalue weighted by atomic mass is 16.2. The fourth-order valence-electron chi connectivity index (χ4n) is 5.56. The number of carbonyl (C=O) groups is 2. The van der Waals surface area contributed by atoms with Crippen LogP contribution in [0.1, 0.15) is 54.5 Å². The van der Waals surface area contributed by atoms with Crippen molar-refractivity contribution in [1.29, 1.82) is 0 Å². The Morgan fingerprint density at radius 3 is 2.29 bits per heavy atom. The fraction of sp³-hybridized carbons (Fsp3) is 0.314. The van der Waals surface area contributed by atoms with Crippen LogP contribution in [0.25, 0.3) is 10.8 Å². The van der Waals surface area contributed by atoms with Gasteiger partial charge in [-0.3, -0.25) is 4.79 Å². The lowest BCUT2D eigenvalue weighted by atomic mass is 10.00. The first kappa shape index (κ1) is 28.4. The van der Waals surface area contributed by atoms with E-state index in [0.29, 0.717) is 26.1 Å². The lowest BCUT2D eigenvalue weighted by molar-refractivity contribution is -0.127. The molecule has 6 heteroatoms. The van der Waals surface area contributed by atoms with Gasteiger partial charge in [-0.05, 0) is 52.8 Å². The molecule has 1 aliphatic heterocycles.